The Kier molecular flexibility index (Phi) is 5.48. The highest BCUT2D eigenvalue weighted by molar-refractivity contribution is 7.89. The van der Waals surface area contributed by atoms with Gasteiger partial charge in [0.25, 0.3) is 0 Å². The second-order valence-electron chi connectivity index (χ2n) is 3.96. The molecule has 1 aromatic rings. The smallest absolute Gasteiger partial charge is 0.240 e. The Morgan fingerprint density at radius 1 is 1.37 bits per heavy atom. The molecule has 0 aromatic heterocycles. The normalized spacial score (nSPS) is 10.9. The third kappa shape index (κ3) is 5.07. The molecule has 7 heteroatoms. The van der Waals surface area contributed by atoms with Crippen LogP contribution >= 0.6 is 0 Å². The van der Waals surface area contributed by atoms with Crippen molar-refractivity contribution < 1.29 is 13.2 Å². The number of unbranched alkanes of at least 4 members (excludes halogenated alkanes) is 1. The van der Waals surface area contributed by atoms with Gasteiger partial charge in [-0.1, -0.05) is 6.07 Å². The van der Waals surface area contributed by atoms with Crippen LogP contribution in [-0.2, 0) is 14.8 Å². The predicted octanol–water partition coefficient (Wildman–Crippen LogP) is 0.492. The van der Waals surface area contributed by atoms with Crippen LogP contribution in [0, 0.1) is 11.3 Å². The summed E-state index contributed by atoms with van der Waals surface area (Å²) in [5.41, 5.74) is 5.26. The summed E-state index contributed by atoms with van der Waals surface area (Å²) >= 11 is 0. The lowest BCUT2D eigenvalue weighted by atomic mass is 10.2. The summed E-state index contributed by atoms with van der Waals surface area (Å²) < 4.78 is 26.2. The summed E-state index contributed by atoms with van der Waals surface area (Å²) in [5.74, 6) is -0.399. The van der Waals surface area contributed by atoms with Crippen molar-refractivity contribution in [2.24, 2.45) is 5.73 Å². The number of nitrogens with one attached hydrogen (secondary N) is 1. The third-order valence-corrected chi connectivity index (χ3v) is 3.87. The molecule has 0 fully saturated rings. The number of amides is 1. The summed E-state index contributed by atoms with van der Waals surface area (Å²) in [6.07, 6.45) is 1.31. The van der Waals surface area contributed by atoms with Crippen LogP contribution in [0.3, 0.4) is 0 Å². The molecule has 0 radical (unpaired) electrons. The summed E-state index contributed by atoms with van der Waals surface area (Å²) in [6, 6.07) is 7.67. The molecular formula is C12H15N3O3S. The minimum Gasteiger partial charge on any atom is -0.370 e. The lowest BCUT2D eigenvalue weighted by molar-refractivity contribution is -0.118. The van der Waals surface area contributed by atoms with E-state index < -0.39 is 15.9 Å². The van der Waals surface area contributed by atoms with Crippen molar-refractivity contribution in [3.8, 4) is 6.07 Å². The molecule has 0 unspecified atom stereocenters. The van der Waals surface area contributed by atoms with Gasteiger partial charge in [-0.2, -0.15) is 5.26 Å². The highest BCUT2D eigenvalue weighted by Gasteiger charge is 2.13. The van der Waals surface area contributed by atoms with Crippen LogP contribution in [0.15, 0.2) is 29.2 Å². The Hall–Kier alpha value is -1.91. The van der Waals surface area contributed by atoms with Crippen LogP contribution in [0.1, 0.15) is 24.8 Å². The molecule has 6 nitrogen and oxygen atoms in total. The van der Waals surface area contributed by atoms with Gasteiger partial charge in [0.05, 0.1) is 16.5 Å². The zero-order valence-corrected chi connectivity index (χ0v) is 11.1. The molecule has 3 N–H and O–H groups in total. The monoisotopic (exact) mass is 281 g/mol. The molecule has 0 aliphatic heterocycles. The quantitative estimate of drug-likeness (QED) is 0.708. The van der Waals surface area contributed by atoms with Gasteiger partial charge >= 0.3 is 0 Å². The van der Waals surface area contributed by atoms with E-state index in [1.54, 1.807) is 0 Å². The van der Waals surface area contributed by atoms with Crippen LogP contribution in [0.5, 0.6) is 0 Å². The van der Waals surface area contributed by atoms with E-state index in [4.69, 9.17) is 11.0 Å². The number of nitrogens with zero attached hydrogens (tertiary/aromatic N) is 1. The first-order valence-electron chi connectivity index (χ1n) is 5.74. The van der Waals surface area contributed by atoms with E-state index in [-0.39, 0.29) is 23.4 Å². The van der Waals surface area contributed by atoms with E-state index in [1.165, 1.54) is 24.3 Å². The van der Waals surface area contributed by atoms with Gasteiger partial charge in [-0.15, -0.1) is 0 Å². The van der Waals surface area contributed by atoms with E-state index in [2.05, 4.69) is 4.72 Å². The maximum Gasteiger partial charge on any atom is 0.240 e. The Labute approximate surface area is 112 Å². The van der Waals surface area contributed by atoms with Gasteiger partial charge in [-0.05, 0) is 31.0 Å². The minimum atomic E-state index is -3.61. The molecule has 1 rings (SSSR count). The zero-order valence-electron chi connectivity index (χ0n) is 10.3. The van der Waals surface area contributed by atoms with E-state index >= 15 is 0 Å². The predicted molar refractivity (Wildman–Crippen MR) is 69.4 cm³/mol. The molecule has 1 aromatic carbocycles. The molecule has 0 bridgehead atoms. The fourth-order valence-electron chi connectivity index (χ4n) is 1.45. The maximum atomic E-state index is 11.9. The van der Waals surface area contributed by atoms with Crippen molar-refractivity contribution in [1.82, 2.24) is 4.72 Å². The largest absolute Gasteiger partial charge is 0.370 e. The maximum absolute atomic E-state index is 11.9. The second kappa shape index (κ2) is 6.87. The summed E-state index contributed by atoms with van der Waals surface area (Å²) in [4.78, 5) is 10.6. The first kappa shape index (κ1) is 15.1. The number of primary amides is 1. The molecule has 0 spiro atoms. The van der Waals surface area contributed by atoms with Gasteiger partial charge in [0.15, 0.2) is 0 Å². The van der Waals surface area contributed by atoms with Crippen molar-refractivity contribution in [3.63, 3.8) is 0 Å². The summed E-state index contributed by atoms with van der Waals surface area (Å²) in [5, 5.41) is 8.72. The molecule has 1 amide bonds. The SMILES string of the molecule is N#Cc1cccc(S(=O)(=O)NCCCCC(N)=O)c1. The van der Waals surface area contributed by atoms with Crippen molar-refractivity contribution in [3.05, 3.63) is 29.8 Å². The number of hydrogen-bond donors (Lipinski definition) is 2. The average molecular weight is 281 g/mol. The number of nitrogens with two attached hydrogens (primary N) is 1. The highest BCUT2D eigenvalue weighted by atomic mass is 32.2. The van der Waals surface area contributed by atoms with E-state index in [1.807, 2.05) is 6.07 Å². The topological polar surface area (TPSA) is 113 Å². The Bertz CT molecular complexity index is 590. The van der Waals surface area contributed by atoms with Gasteiger partial charge in [0.2, 0.25) is 15.9 Å². The fraction of sp³-hybridized carbons (Fsp3) is 0.333. The first-order valence-corrected chi connectivity index (χ1v) is 7.22. The number of hydrogen-bond acceptors (Lipinski definition) is 4. The van der Waals surface area contributed by atoms with Crippen molar-refractivity contribution in [1.29, 1.82) is 5.26 Å². The lowest BCUT2D eigenvalue weighted by Gasteiger charge is -2.06. The molecular weight excluding hydrogens is 266 g/mol. The van der Waals surface area contributed by atoms with E-state index in [0.717, 1.165) is 0 Å². The second-order valence-corrected chi connectivity index (χ2v) is 5.73. The summed E-state index contributed by atoms with van der Waals surface area (Å²) in [7, 11) is -3.61. The molecule has 102 valence electrons. The number of nitriles is 1. The Morgan fingerprint density at radius 2 is 2.11 bits per heavy atom. The number of sulfonamides is 1. The van der Waals surface area contributed by atoms with Crippen LogP contribution < -0.4 is 10.5 Å². The van der Waals surface area contributed by atoms with Gasteiger partial charge in [0.1, 0.15) is 0 Å². The van der Waals surface area contributed by atoms with Gasteiger partial charge in [-0.3, -0.25) is 4.79 Å². The number of carbonyl (C=O) groups is 1. The van der Waals surface area contributed by atoms with E-state index in [9.17, 15) is 13.2 Å². The molecule has 0 atom stereocenters. The van der Waals surface area contributed by atoms with Gasteiger partial charge in [-0.25, -0.2) is 13.1 Å². The summed E-state index contributed by atoms with van der Waals surface area (Å²) in [6.45, 7) is 0.229. The molecule has 0 heterocycles. The van der Waals surface area contributed by atoms with Crippen LogP contribution in [0.2, 0.25) is 0 Å². The first-order chi connectivity index (χ1) is 8.95. The average Bonchev–Trinajstić information content (AvgIpc) is 2.38. The number of rotatable bonds is 7. The highest BCUT2D eigenvalue weighted by Crippen LogP contribution is 2.10. The zero-order chi connectivity index (χ0) is 14.3. The number of benzene rings is 1. The van der Waals surface area contributed by atoms with Crippen LogP contribution in [0.25, 0.3) is 0 Å². The van der Waals surface area contributed by atoms with Crippen molar-refractivity contribution in [2.45, 2.75) is 24.2 Å². The third-order valence-electron chi connectivity index (χ3n) is 2.42. The molecule has 0 saturated carbocycles. The molecule has 19 heavy (non-hydrogen) atoms. The van der Waals surface area contributed by atoms with Crippen molar-refractivity contribution in [2.75, 3.05) is 6.54 Å². The Balaban J connectivity index is 2.56. The van der Waals surface area contributed by atoms with Crippen LogP contribution in [0.4, 0.5) is 0 Å². The van der Waals surface area contributed by atoms with Crippen LogP contribution in [-0.4, -0.2) is 20.9 Å². The molecule has 0 aliphatic rings. The number of carbonyl (C=O) groups excluding carboxylic acids is 1. The van der Waals surface area contributed by atoms with Gasteiger partial charge in [0, 0.05) is 13.0 Å². The lowest BCUT2D eigenvalue weighted by Crippen LogP contribution is -2.25. The minimum absolute atomic E-state index is 0.0569. The van der Waals surface area contributed by atoms with Gasteiger partial charge < -0.3 is 5.73 Å². The van der Waals surface area contributed by atoms with Crippen molar-refractivity contribution >= 4 is 15.9 Å². The Morgan fingerprint density at radius 3 is 2.74 bits per heavy atom. The molecule has 0 aliphatic carbocycles. The fourth-order valence-corrected chi connectivity index (χ4v) is 2.57. The standard InChI is InChI=1S/C12H15N3O3S/c13-9-10-4-3-5-11(8-10)19(17,18)15-7-2-1-6-12(14)16/h3-5,8,15H,1-2,6-7H2,(H2,14,16). The van der Waals surface area contributed by atoms with E-state index in [0.29, 0.717) is 12.8 Å². The molecule has 0 saturated heterocycles.